The van der Waals surface area contributed by atoms with Crippen molar-refractivity contribution in [2.45, 2.75) is 0 Å². The summed E-state index contributed by atoms with van der Waals surface area (Å²) in [5, 5.41) is 5.64. The molecule has 0 bridgehead atoms. The topological polar surface area (TPSA) is 74.6 Å². The van der Waals surface area contributed by atoms with E-state index in [1.807, 2.05) is 79.0 Å². The lowest BCUT2D eigenvalue weighted by Gasteiger charge is -2.11. The standard InChI is InChI=1S/C50H30N6O/c1-3-12-31(13-4-1)48-52-49(32-14-5-2-6-15-32)54-50(53-48)56-42-19-10-8-17-37(42)39-29-34(22-25-44(39)56)33-21-24-43-38(28-33)36-16-7-9-18-41(36)55(43)35-23-26-45-40(30-35)47-46(57-45)20-11-27-51-47/h1-30H. The number of pyridine rings is 1. The van der Waals surface area contributed by atoms with Crippen molar-refractivity contribution in [1.29, 1.82) is 0 Å². The molecule has 0 radical (unpaired) electrons. The molecule has 12 rings (SSSR count). The molecule has 266 valence electrons. The van der Waals surface area contributed by atoms with Gasteiger partial charge in [-0.25, -0.2) is 4.98 Å². The minimum absolute atomic E-state index is 0.577. The van der Waals surface area contributed by atoms with Gasteiger partial charge in [0, 0.05) is 49.9 Å². The first-order valence-corrected chi connectivity index (χ1v) is 19.0. The van der Waals surface area contributed by atoms with Crippen LogP contribution in [0, 0.1) is 0 Å². The Morgan fingerprint density at radius 3 is 1.58 bits per heavy atom. The fourth-order valence-electron chi connectivity index (χ4n) is 8.42. The van der Waals surface area contributed by atoms with Crippen molar-refractivity contribution in [1.82, 2.24) is 29.1 Å². The van der Waals surface area contributed by atoms with E-state index in [0.717, 1.165) is 82.8 Å². The van der Waals surface area contributed by atoms with Gasteiger partial charge in [-0.15, -0.1) is 0 Å². The molecule has 57 heavy (non-hydrogen) atoms. The van der Waals surface area contributed by atoms with E-state index in [0.29, 0.717) is 17.6 Å². The van der Waals surface area contributed by atoms with Gasteiger partial charge in [0.05, 0.1) is 22.1 Å². The van der Waals surface area contributed by atoms with Crippen molar-refractivity contribution in [3.63, 3.8) is 0 Å². The van der Waals surface area contributed by atoms with E-state index in [1.54, 1.807) is 0 Å². The van der Waals surface area contributed by atoms with Crippen LogP contribution in [0.1, 0.15) is 0 Å². The van der Waals surface area contributed by atoms with Crippen molar-refractivity contribution in [2.75, 3.05) is 0 Å². The van der Waals surface area contributed by atoms with Crippen LogP contribution in [-0.4, -0.2) is 29.1 Å². The largest absolute Gasteiger partial charge is 0.454 e. The lowest BCUT2D eigenvalue weighted by Crippen LogP contribution is -2.06. The highest BCUT2D eigenvalue weighted by Crippen LogP contribution is 2.39. The van der Waals surface area contributed by atoms with Crippen LogP contribution < -0.4 is 0 Å². The van der Waals surface area contributed by atoms with E-state index in [1.165, 1.54) is 10.8 Å². The van der Waals surface area contributed by atoms with E-state index in [2.05, 4.69) is 117 Å². The molecule has 0 saturated carbocycles. The maximum Gasteiger partial charge on any atom is 0.238 e. The number of nitrogens with zero attached hydrogens (tertiary/aromatic N) is 6. The average molecular weight is 731 g/mol. The van der Waals surface area contributed by atoms with Gasteiger partial charge in [-0.1, -0.05) is 109 Å². The Morgan fingerprint density at radius 1 is 0.368 bits per heavy atom. The van der Waals surface area contributed by atoms with Crippen LogP contribution >= 0.6 is 0 Å². The summed E-state index contributed by atoms with van der Waals surface area (Å²) in [4.78, 5) is 19.8. The van der Waals surface area contributed by atoms with Crippen molar-refractivity contribution in [2.24, 2.45) is 0 Å². The predicted octanol–water partition coefficient (Wildman–Crippen LogP) is 12.4. The lowest BCUT2D eigenvalue weighted by atomic mass is 10.0. The van der Waals surface area contributed by atoms with Crippen LogP contribution in [0.2, 0.25) is 0 Å². The number of hydrogen-bond donors (Lipinski definition) is 0. The van der Waals surface area contributed by atoms with Gasteiger partial charge in [0.2, 0.25) is 5.95 Å². The summed E-state index contributed by atoms with van der Waals surface area (Å²) in [6, 6.07) is 61.1. The molecule has 0 N–H and O–H groups in total. The van der Waals surface area contributed by atoms with Gasteiger partial charge in [-0.2, -0.15) is 9.97 Å². The molecule has 7 nitrogen and oxygen atoms in total. The van der Waals surface area contributed by atoms with Gasteiger partial charge in [0.15, 0.2) is 17.2 Å². The van der Waals surface area contributed by atoms with E-state index < -0.39 is 0 Å². The predicted molar refractivity (Wildman–Crippen MR) is 230 cm³/mol. The summed E-state index contributed by atoms with van der Waals surface area (Å²) in [6.45, 7) is 0. The highest BCUT2D eigenvalue weighted by Gasteiger charge is 2.20. The summed E-state index contributed by atoms with van der Waals surface area (Å²) < 4.78 is 10.6. The van der Waals surface area contributed by atoms with Gasteiger partial charge in [-0.3, -0.25) is 9.55 Å². The first-order valence-electron chi connectivity index (χ1n) is 19.0. The van der Waals surface area contributed by atoms with E-state index in [4.69, 9.17) is 19.4 Å². The minimum atomic E-state index is 0.577. The number of rotatable bonds is 5. The van der Waals surface area contributed by atoms with Crippen LogP contribution in [0.3, 0.4) is 0 Å². The Morgan fingerprint density at radius 2 is 0.930 bits per heavy atom. The number of aromatic nitrogens is 6. The highest BCUT2D eigenvalue weighted by atomic mass is 16.3. The third-order valence-electron chi connectivity index (χ3n) is 11.0. The maximum absolute atomic E-state index is 6.11. The molecule has 0 amide bonds. The number of hydrogen-bond acceptors (Lipinski definition) is 5. The second-order valence-electron chi connectivity index (χ2n) is 14.3. The third-order valence-corrected chi connectivity index (χ3v) is 11.0. The molecule has 0 fully saturated rings. The Hall–Kier alpha value is -7.90. The number of furan rings is 1. The van der Waals surface area contributed by atoms with Crippen molar-refractivity contribution in [3.05, 3.63) is 182 Å². The van der Waals surface area contributed by atoms with Crippen molar-refractivity contribution >= 4 is 65.7 Å². The normalized spacial score (nSPS) is 11.9. The van der Waals surface area contributed by atoms with Gasteiger partial charge in [0.25, 0.3) is 0 Å². The summed E-state index contributed by atoms with van der Waals surface area (Å²) in [6.07, 6.45) is 1.82. The molecule has 7 heteroatoms. The third kappa shape index (κ3) is 4.92. The Balaban J connectivity index is 1.03. The number of benzene rings is 7. The summed E-state index contributed by atoms with van der Waals surface area (Å²) >= 11 is 0. The van der Waals surface area contributed by atoms with Crippen LogP contribution in [0.5, 0.6) is 0 Å². The van der Waals surface area contributed by atoms with Gasteiger partial charge in [0.1, 0.15) is 11.1 Å². The van der Waals surface area contributed by atoms with Gasteiger partial charge in [-0.05, 0) is 77.9 Å². The van der Waals surface area contributed by atoms with Crippen molar-refractivity contribution in [3.8, 4) is 45.5 Å². The summed E-state index contributed by atoms with van der Waals surface area (Å²) in [7, 11) is 0. The van der Waals surface area contributed by atoms with Crippen LogP contribution in [0.4, 0.5) is 0 Å². The number of fused-ring (bicyclic) bond motifs is 9. The SMILES string of the molecule is c1ccc(-c2nc(-c3ccccc3)nc(-n3c4ccccc4c4cc(-c5ccc6c(c5)c5ccccc5n6-c5ccc6oc7cccnc7c6c5)ccc43)n2)cc1. The highest BCUT2D eigenvalue weighted by molar-refractivity contribution is 6.13. The van der Waals surface area contributed by atoms with E-state index >= 15 is 0 Å². The quantitative estimate of drug-likeness (QED) is 0.176. The lowest BCUT2D eigenvalue weighted by molar-refractivity contribution is 0.668. The number of para-hydroxylation sites is 2. The molecule has 0 saturated heterocycles. The Labute approximate surface area is 325 Å². The molecular formula is C50H30N6O. The summed E-state index contributed by atoms with van der Waals surface area (Å²) in [5.41, 5.74) is 12.0. The second kappa shape index (κ2) is 12.3. The minimum Gasteiger partial charge on any atom is -0.454 e. The molecule has 5 heterocycles. The van der Waals surface area contributed by atoms with Gasteiger partial charge >= 0.3 is 0 Å². The zero-order valence-corrected chi connectivity index (χ0v) is 30.4. The molecule has 0 unspecified atom stereocenters. The first kappa shape index (κ1) is 31.5. The fourth-order valence-corrected chi connectivity index (χ4v) is 8.42. The molecule has 0 aliphatic heterocycles. The molecular weight excluding hydrogens is 701 g/mol. The van der Waals surface area contributed by atoms with Crippen molar-refractivity contribution < 1.29 is 4.42 Å². The van der Waals surface area contributed by atoms with Crippen LogP contribution in [0.15, 0.2) is 187 Å². The fraction of sp³-hybridized carbons (Fsp3) is 0. The molecule has 5 aromatic heterocycles. The monoisotopic (exact) mass is 730 g/mol. The molecule has 0 atom stereocenters. The van der Waals surface area contributed by atoms with Crippen LogP contribution in [0.25, 0.3) is 111 Å². The Bertz CT molecular complexity index is 3470. The Kier molecular flexibility index (Phi) is 6.79. The molecule has 0 aliphatic rings. The molecule has 0 spiro atoms. The molecule has 0 aliphatic carbocycles. The zero-order valence-electron chi connectivity index (χ0n) is 30.4. The maximum atomic E-state index is 6.11. The van der Waals surface area contributed by atoms with Gasteiger partial charge < -0.3 is 8.98 Å². The average Bonchev–Trinajstić information content (AvgIpc) is 3.94. The smallest absolute Gasteiger partial charge is 0.238 e. The van der Waals surface area contributed by atoms with E-state index in [-0.39, 0.29) is 0 Å². The first-order chi connectivity index (χ1) is 28.2. The second-order valence-corrected chi connectivity index (χ2v) is 14.3. The zero-order chi connectivity index (χ0) is 37.5. The van der Waals surface area contributed by atoms with E-state index in [9.17, 15) is 0 Å². The molecule has 7 aromatic carbocycles. The summed E-state index contributed by atoms with van der Waals surface area (Å²) in [5.74, 6) is 1.83. The molecule has 12 aromatic rings. The van der Waals surface area contributed by atoms with Crippen LogP contribution in [-0.2, 0) is 0 Å².